The van der Waals surface area contributed by atoms with Gasteiger partial charge in [-0.25, -0.2) is 9.78 Å². The van der Waals surface area contributed by atoms with Crippen molar-refractivity contribution < 1.29 is 9.53 Å². The van der Waals surface area contributed by atoms with Crippen LogP contribution < -0.4 is 5.32 Å². The summed E-state index contributed by atoms with van der Waals surface area (Å²) < 4.78 is 4.87. The van der Waals surface area contributed by atoms with Gasteiger partial charge in [0, 0.05) is 27.4 Å². The minimum atomic E-state index is -0.405. The average molecular weight is 343 g/mol. The van der Waals surface area contributed by atoms with Crippen molar-refractivity contribution >= 4 is 44.9 Å². The van der Waals surface area contributed by atoms with Crippen LogP contribution in [0.25, 0.3) is 21.7 Å². The fourth-order valence-corrected chi connectivity index (χ4v) is 3.02. The zero-order valence-electron chi connectivity index (χ0n) is 14.1. The molecule has 0 fully saturated rings. The molecular formula is C19H19ClN2O2. The first-order valence-electron chi connectivity index (χ1n) is 7.68. The van der Waals surface area contributed by atoms with E-state index >= 15 is 0 Å². The minimum absolute atomic E-state index is 0.182. The Bertz CT molecular complexity index is 945. The Balaban J connectivity index is 2.44. The molecule has 0 saturated carbocycles. The number of ether oxygens (including phenoxy) is 1. The number of carbonyl (C=O) groups excluding carboxylic acids is 1. The lowest BCUT2D eigenvalue weighted by Crippen LogP contribution is -2.26. The highest BCUT2D eigenvalue weighted by Crippen LogP contribution is 2.36. The van der Waals surface area contributed by atoms with E-state index in [2.05, 4.69) is 31.1 Å². The maximum absolute atomic E-state index is 12.0. The first kappa shape index (κ1) is 16.5. The van der Waals surface area contributed by atoms with Crippen LogP contribution in [0.2, 0.25) is 5.15 Å². The summed E-state index contributed by atoms with van der Waals surface area (Å²) in [7, 11) is 1.36. The molecule has 0 spiro atoms. The molecule has 0 radical (unpaired) electrons. The Morgan fingerprint density at radius 3 is 2.54 bits per heavy atom. The molecule has 0 aliphatic heterocycles. The summed E-state index contributed by atoms with van der Waals surface area (Å²) in [4.78, 5) is 16.5. The van der Waals surface area contributed by atoms with Crippen LogP contribution in [0.15, 0.2) is 36.4 Å². The number of benzene rings is 2. The van der Waals surface area contributed by atoms with Gasteiger partial charge in [-0.05, 0) is 39.0 Å². The van der Waals surface area contributed by atoms with E-state index in [0.717, 1.165) is 27.4 Å². The van der Waals surface area contributed by atoms with Crippen LogP contribution in [-0.2, 0) is 4.74 Å². The van der Waals surface area contributed by atoms with Gasteiger partial charge in [0.05, 0.1) is 18.2 Å². The molecule has 24 heavy (non-hydrogen) atoms. The molecule has 1 heterocycles. The summed E-state index contributed by atoms with van der Waals surface area (Å²) in [6, 6.07) is 11.4. The van der Waals surface area contributed by atoms with Gasteiger partial charge >= 0.3 is 5.97 Å². The quantitative estimate of drug-likeness (QED) is 0.403. The largest absolute Gasteiger partial charge is 0.465 e. The fraction of sp³-hybridized carbons (Fsp3) is 0.263. The second-order valence-corrected chi connectivity index (χ2v) is 7.09. The van der Waals surface area contributed by atoms with Gasteiger partial charge in [-0.1, -0.05) is 29.8 Å². The molecule has 0 aliphatic carbocycles. The Morgan fingerprint density at radius 1 is 1.17 bits per heavy atom. The maximum Gasteiger partial charge on any atom is 0.337 e. The lowest BCUT2D eigenvalue weighted by molar-refractivity contribution is 0.0601. The van der Waals surface area contributed by atoms with Crippen LogP contribution in [0.4, 0.5) is 5.69 Å². The first-order valence-corrected chi connectivity index (χ1v) is 8.06. The summed E-state index contributed by atoms with van der Waals surface area (Å²) in [5.74, 6) is -0.405. The summed E-state index contributed by atoms with van der Waals surface area (Å²) in [5.41, 5.74) is 1.91. The predicted molar refractivity (Wildman–Crippen MR) is 99.0 cm³/mol. The van der Waals surface area contributed by atoms with Gasteiger partial charge in [0.2, 0.25) is 0 Å². The molecular weight excluding hydrogens is 324 g/mol. The summed E-state index contributed by atoms with van der Waals surface area (Å²) in [6.07, 6.45) is 0. The van der Waals surface area contributed by atoms with E-state index in [0.29, 0.717) is 10.7 Å². The Kier molecular flexibility index (Phi) is 4.10. The molecule has 0 aliphatic rings. The lowest BCUT2D eigenvalue weighted by atomic mass is 9.99. The van der Waals surface area contributed by atoms with Crippen molar-refractivity contribution in [2.75, 3.05) is 12.4 Å². The van der Waals surface area contributed by atoms with E-state index in [1.54, 1.807) is 6.07 Å². The standard InChI is InChI=1S/C19H19ClN2O2/c1-19(2,3)22-15-10-11(18(23)24-4)9-13-16(15)12-7-5-6-8-14(12)21-17(13)20/h5-10,22H,1-4H3. The van der Waals surface area contributed by atoms with Gasteiger partial charge < -0.3 is 10.1 Å². The topological polar surface area (TPSA) is 51.2 Å². The number of carbonyl (C=O) groups is 1. The first-order chi connectivity index (χ1) is 11.3. The molecule has 1 N–H and O–H groups in total. The normalized spacial score (nSPS) is 11.7. The molecule has 5 heteroatoms. The average Bonchev–Trinajstić information content (AvgIpc) is 2.52. The molecule has 3 aromatic rings. The van der Waals surface area contributed by atoms with Crippen LogP contribution in [0.5, 0.6) is 0 Å². The number of esters is 1. The number of hydrogen-bond acceptors (Lipinski definition) is 4. The van der Waals surface area contributed by atoms with E-state index < -0.39 is 5.97 Å². The number of nitrogens with one attached hydrogen (secondary N) is 1. The molecule has 0 atom stereocenters. The maximum atomic E-state index is 12.0. The summed E-state index contributed by atoms with van der Waals surface area (Å²) in [5, 5.41) is 6.50. The highest BCUT2D eigenvalue weighted by Gasteiger charge is 2.19. The second-order valence-electron chi connectivity index (χ2n) is 6.73. The number of hydrogen-bond donors (Lipinski definition) is 1. The van der Waals surface area contributed by atoms with E-state index in [1.165, 1.54) is 7.11 Å². The number of rotatable bonds is 2. The Morgan fingerprint density at radius 2 is 1.88 bits per heavy atom. The molecule has 4 nitrogen and oxygen atoms in total. The molecule has 0 bridgehead atoms. The van der Waals surface area contributed by atoms with Gasteiger partial charge in [0.1, 0.15) is 5.15 Å². The van der Waals surface area contributed by atoms with Crippen molar-refractivity contribution in [2.45, 2.75) is 26.3 Å². The summed E-state index contributed by atoms with van der Waals surface area (Å²) in [6.45, 7) is 6.19. The van der Waals surface area contributed by atoms with Gasteiger partial charge in [-0.15, -0.1) is 0 Å². The van der Waals surface area contributed by atoms with Crippen LogP contribution in [0, 0.1) is 0 Å². The highest BCUT2D eigenvalue weighted by molar-refractivity contribution is 6.36. The molecule has 0 saturated heterocycles. The van der Waals surface area contributed by atoms with Crippen LogP contribution in [0.1, 0.15) is 31.1 Å². The van der Waals surface area contributed by atoms with Crippen molar-refractivity contribution in [1.29, 1.82) is 0 Å². The zero-order valence-corrected chi connectivity index (χ0v) is 14.9. The number of nitrogens with zero attached hydrogens (tertiary/aromatic N) is 1. The highest BCUT2D eigenvalue weighted by atomic mass is 35.5. The van der Waals surface area contributed by atoms with Gasteiger partial charge in [0.15, 0.2) is 0 Å². The number of para-hydroxylation sites is 1. The van der Waals surface area contributed by atoms with Crippen molar-refractivity contribution in [3.8, 4) is 0 Å². The number of aromatic nitrogens is 1. The zero-order chi connectivity index (χ0) is 17.5. The summed E-state index contributed by atoms with van der Waals surface area (Å²) >= 11 is 6.41. The fourth-order valence-electron chi connectivity index (χ4n) is 2.78. The molecule has 0 amide bonds. The molecule has 124 valence electrons. The number of anilines is 1. The van der Waals surface area contributed by atoms with Crippen molar-refractivity contribution in [2.24, 2.45) is 0 Å². The number of pyridine rings is 1. The molecule has 1 aromatic heterocycles. The van der Waals surface area contributed by atoms with Crippen LogP contribution >= 0.6 is 11.6 Å². The van der Waals surface area contributed by atoms with Gasteiger partial charge in [-0.2, -0.15) is 0 Å². The molecule has 2 aromatic carbocycles. The predicted octanol–water partition coefficient (Wildman–Crippen LogP) is 5.04. The SMILES string of the molecule is COC(=O)c1cc(NC(C)(C)C)c2c(c1)c(Cl)nc1ccccc12. The third kappa shape index (κ3) is 3.02. The van der Waals surface area contributed by atoms with E-state index in [-0.39, 0.29) is 5.54 Å². The van der Waals surface area contributed by atoms with Crippen LogP contribution in [0.3, 0.4) is 0 Å². The number of fused-ring (bicyclic) bond motifs is 3. The monoisotopic (exact) mass is 342 g/mol. The number of halogens is 1. The Labute approximate surface area is 145 Å². The second kappa shape index (κ2) is 5.95. The minimum Gasteiger partial charge on any atom is -0.465 e. The number of methoxy groups -OCH3 is 1. The third-order valence-corrected chi connectivity index (χ3v) is 3.97. The van der Waals surface area contributed by atoms with E-state index in [4.69, 9.17) is 16.3 Å². The van der Waals surface area contributed by atoms with Gasteiger partial charge in [-0.3, -0.25) is 0 Å². The molecule has 0 unspecified atom stereocenters. The lowest BCUT2D eigenvalue weighted by Gasteiger charge is -2.24. The van der Waals surface area contributed by atoms with E-state index in [9.17, 15) is 4.79 Å². The van der Waals surface area contributed by atoms with Crippen molar-refractivity contribution in [3.63, 3.8) is 0 Å². The molecule has 3 rings (SSSR count). The van der Waals surface area contributed by atoms with Crippen molar-refractivity contribution in [3.05, 3.63) is 47.1 Å². The van der Waals surface area contributed by atoms with Crippen LogP contribution in [-0.4, -0.2) is 23.6 Å². The Hall–Kier alpha value is -2.33. The van der Waals surface area contributed by atoms with Crippen molar-refractivity contribution in [1.82, 2.24) is 4.98 Å². The third-order valence-electron chi connectivity index (χ3n) is 3.68. The van der Waals surface area contributed by atoms with Gasteiger partial charge in [0.25, 0.3) is 0 Å². The smallest absolute Gasteiger partial charge is 0.337 e. The van der Waals surface area contributed by atoms with E-state index in [1.807, 2.05) is 30.3 Å².